The van der Waals surface area contributed by atoms with Gasteiger partial charge in [-0.1, -0.05) is 75.4 Å². The Bertz CT molecular complexity index is 2270. The van der Waals surface area contributed by atoms with E-state index in [1.54, 1.807) is 12.1 Å². The Morgan fingerprint density at radius 3 is 2.45 bits per heavy atom. The topological polar surface area (TPSA) is 129 Å². The number of benzene rings is 4. The molecule has 0 spiro atoms. The van der Waals surface area contributed by atoms with Crippen LogP contribution in [0.3, 0.4) is 0 Å². The summed E-state index contributed by atoms with van der Waals surface area (Å²) in [6.45, 7) is 13.3. The standard InChI is InChI=1S/C43H50N4O5Si/c1-43(2,3)53(4,5)52-39(34-17-20-38(48)41-35(34)18-21-40(49)46-41)28-44-27-30-15-19-37-32(25-30)22-24-47(37)23-10-9-11-29-14-16-33(31-12-7-6-8-13-31)36(26-29)45-42(50)51/h6-8,12-22,24-26,39,44-45,48H,9-11,23,27-28H2,1-5H3,(H,46,49)(H,50,51). The van der Waals surface area contributed by atoms with Crippen LogP contribution in [0.4, 0.5) is 10.5 Å². The number of carboxylic acid groups (broad SMARTS) is 1. The van der Waals surface area contributed by atoms with E-state index in [0.29, 0.717) is 24.3 Å². The van der Waals surface area contributed by atoms with Crippen LogP contribution < -0.4 is 16.2 Å². The number of rotatable bonds is 14. The number of pyridine rings is 1. The molecular weight excluding hydrogens is 681 g/mol. The third kappa shape index (κ3) is 8.90. The Morgan fingerprint density at radius 2 is 1.70 bits per heavy atom. The summed E-state index contributed by atoms with van der Waals surface area (Å²) in [5.74, 6) is 0.0404. The van der Waals surface area contributed by atoms with Gasteiger partial charge in [0.2, 0.25) is 5.56 Å². The fourth-order valence-electron chi connectivity index (χ4n) is 6.64. The lowest BCUT2D eigenvalue weighted by Crippen LogP contribution is -2.43. The molecule has 0 radical (unpaired) electrons. The van der Waals surface area contributed by atoms with Crippen molar-refractivity contribution in [1.29, 1.82) is 0 Å². The molecular formula is C43H50N4O5Si. The number of hydrogen-bond acceptors (Lipinski definition) is 5. The minimum Gasteiger partial charge on any atom is -0.506 e. The Labute approximate surface area is 311 Å². The first-order chi connectivity index (χ1) is 25.3. The van der Waals surface area contributed by atoms with Crippen LogP contribution >= 0.6 is 0 Å². The number of aryl methyl sites for hydroxylation is 2. The molecule has 2 aromatic heterocycles. The zero-order valence-electron chi connectivity index (χ0n) is 31.2. The highest BCUT2D eigenvalue weighted by Crippen LogP contribution is 2.41. The number of aromatic amines is 1. The van der Waals surface area contributed by atoms with Crippen LogP contribution in [-0.2, 0) is 23.9 Å². The van der Waals surface area contributed by atoms with Gasteiger partial charge in [-0.3, -0.25) is 10.1 Å². The summed E-state index contributed by atoms with van der Waals surface area (Å²) < 4.78 is 9.27. The third-order valence-electron chi connectivity index (χ3n) is 10.5. The number of aromatic nitrogens is 2. The number of unbranched alkanes of at least 4 members (excludes halogenated alkanes) is 1. The molecule has 53 heavy (non-hydrogen) atoms. The second kappa shape index (κ2) is 15.8. The number of fused-ring (bicyclic) bond motifs is 2. The third-order valence-corrected chi connectivity index (χ3v) is 15.0. The molecule has 1 unspecified atom stereocenters. The fraction of sp³-hybridized carbons (Fsp3) is 0.302. The van der Waals surface area contributed by atoms with Crippen molar-refractivity contribution in [3.05, 3.63) is 130 Å². The maximum absolute atomic E-state index is 12.1. The van der Waals surface area contributed by atoms with E-state index in [2.05, 4.69) is 90.6 Å². The van der Waals surface area contributed by atoms with Gasteiger partial charge >= 0.3 is 6.09 Å². The first-order valence-corrected chi connectivity index (χ1v) is 21.2. The SMILES string of the molecule is CC(C)(C)[Si](C)(C)OC(CNCc1ccc2c(ccn2CCCCc2ccc(-c3ccccc3)c(NC(=O)O)c2)c1)c1ccc(O)c2[nH]c(=O)ccc12. The number of nitrogens with zero attached hydrogens (tertiary/aromatic N) is 1. The summed E-state index contributed by atoms with van der Waals surface area (Å²) in [7, 11) is -2.18. The van der Waals surface area contributed by atoms with E-state index in [1.807, 2.05) is 48.5 Å². The number of H-pyrrole nitrogens is 1. The second-order valence-corrected chi connectivity index (χ2v) is 20.1. The van der Waals surface area contributed by atoms with Gasteiger partial charge in [0.15, 0.2) is 8.32 Å². The van der Waals surface area contributed by atoms with Crippen LogP contribution in [0, 0.1) is 0 Å². The predicted molar refractivity (Wildman–Crippen MR) is 217 cm³/mol. The minimum absolute atomic E-state index is 0.00157. The van der Waals surface area contributed by atoms with E-state index in [-0.39, 0.29) is 22.5 Å². The molecule has 0 aliphatic rings. The van der Waals surface area contributed by atoms with Crippen LogP contribution in [-0.4, -0.2) is 40.7 Å². The van der Waals surface area contributed by atoms with Crippen LogP contribution in [0.1, 0.15) is 56.4 Å². The minimum atomic E-state index is -2.18. The van der Waals surface area contributed by atoms with Gasteiger partial charge in [0, 0.05) is 48.4 Å². The average molecular weight is 731 g/mol. The normalized spacial score (nSPS) is 12.7. The number of aromatic hydroxyl groups is 1. The van der Waals surface area contributed by atoms with Gasteiger partial charge in [-0.15, -0.1) is 0 Å². The number of carbonyl (C=O) groups is 1. The van der Waals surface area contributed by atoms with E-state index in [4.69, 9.17) is 4.43 Å². The Kier molecular flexibility index (Phi) is 11.2. The molecule has 0 fully saturated rings. The van der Waals surface area contributed by atoms with Crippen LogP contribution in [0.5, 0.6) is 5.75 Å². The molecule has 276 valence electrons. The van der Waals surface area contributed by atoms with Crippen molar-refractivity contribution in [2.24, 2.45) is 0 Å². The molecule has 2 heterocycles. The smallest absolute Gasteiger partial charge is 0.409 e. The van der Waals surface area contributed by atoms with Gasteiger partial charge in [0.1, 0.15) is 5.75 Å². The van der Waals surface area contributed by atoms with E-state index >= 15 is 0 Å². The molecule has 5 N–H and O–H groups in total. The highest BCUT2D eigenvalue weighted by atomic mass is 28.4. The number of nitrogens with one attached hydrogen (secondary N) is 3. The maximum Gasteiger partial charge on any atom is 0.409 e. The summed E-state index contributed by atoms with van der Waals surface area (Å²) in [4.78, 5) is 26.4. The first-order valence-electron chi connectivity index (χ1n) is 18.3. The van der Waals surface area contributed by atoms with E-state index < -0.39 is 14.4 Å². The Balaban J connectivity index is 1.09. The van der Waals surface area contributed by atoms with E-state index in [9.17, 15) is 19.8 Å². The summed E-state index contributed by atoms with van der Waals surface area (Å²) in [6, 6.07) is 31.4. The molecule has 0 saturated carbocycles. The molecule has 0 aliphatic heterocycles. The van der Waals surface area contributed by atoms with Crippen molar-refractivity contribution in [2.45, 2.75) is 77.4 Å². The average Bonchev–Trinajstić information content (AvgIpc) is 3.52. The number of anilines is 1. The van der Waals surface area contributed by atoms with Gasteiger partial charge in [0.05, 0.1) is 17.3 Å². The molecule has 0 bridgehead atoms. The Morgan fingerprint density at radius 1 is 0.925 bits per heavy atom. The zero-order chi connectivity index (χ0) is 37.8. The molecule has 10 heteroatoms. The van der Waals surface area contributed by atoms with Crippen molar-refractivity contribution in [2.75, 3.05) is 11.9 Å². The summed E-state index contributed by atoms with van der Waals surface area (Å²) in [5.41, 5.74) is 7.02. The van der Waals surface area contributed by atoms with E-state index in [1.165, 1.54) is 22.5 Å². The largest absolute Gasteiger partial charge is 0.506 e. The lowest BCUT2D eigenvalue weighted by atomic mass is 9.99. The van der Waals surface area contributed by atoms with E-state index in [0.717, 1.165) is 53.4 Å². The molecule has 6 rings (SSSR count). The van der Waals surface area contributed by atoms with Gasteiger partial charge in [-0.2, -0.15) is 0 Å². The molecule has 9 nitrogen and oxygen atoms in total. The van der Waals surface area contributed by atoms with Gasteiger partial charge < -0.3 is 29.5 Å². The molecule has 6 aromatic rings. The highest BCUT2D eigenvalue weighted by Gasteiger charge is 2.39. The van der Waals surface area contributed by atoms with Crippen molar-refractivity contribution < 1.29 is 19.4 Å². The maximum atomic E-state index is 12.1. The summed E-state index contributed by atoms with van der Waals surface area (Å²) in [6.07, 6.45) is 3.62. The predicted octanol–water partition coefficient (Wildman–Crippen LogP) is 9.82. The van der Waals surface area contributed by atoms with Crippen molar-refractivity contribution >= 4 is 41.9 Å². The number of hydrogen-bond donors (Lipinski definition) is 5. The van der Waals surface area contributed by atoms with Crippen molar-refractivity contribution in [3.8, 4) is 16.9 Å². The summed E-state index contributed by atoms with van der Waals surface area (Å²) >= 11 is 0. The van der Waals surface area contributed by atoms with Gasteiger partial charge in [-0.05, 0) is 101 Å². The van der Waals surface area contributed by atoms with Gasteiger partial charge in [-0.25, -0.2) is 4.79 Å². The number of phenols is 1. The molecule has 1 atom stereocenters. The summed E-state index contributed by atoms with van der Waals surface area (Å²) in [5, 5.41) is 28.1. The first kappa shape index (κ1) is 37.6. The zero-order valence-corrected chi connectivity index (χ0v) is 32.2. The molecule has 0 saturated heterocycles. The van der Waals surface area contributed by atoms with Crippen molar-refractivity contribution in [3.63, 3.8) is 0 Å². The highest BCUT2D eigenvalue weighted by molar-refractivity contribution is 6.74. The lowest BCUT2D eigenvalue weighted by molar-refractivity contribution is 0.181. The second-order valence-electron chi connectivity index (χ2n) is 15.3. The quantitative estimate of drug-likeness (QED) is 0.0561. The molecule has 0 aliphatic carbocycles. The van der Waals surface area contributed by atoms with Crippen LogP contribution in [0.25, 0.3) is 32.9 Å². The van der Waals surface area contributed by atoms with Crippen LogP contribution in [0.15, 0.2) is 108 Å². The van der Waals surface area contributed by atoms with Crippen molar-refractivity contribution in [1.82, 2.24) is 14.9 Å². The van der Waals surface area contributed by atoms with Crippen LogP contribution in [0.2, 0.25) is 18.1 Å². The van der Waals surface area contributed by atoms with Gasteiger partial charge in [0.25, 0.3) is 0 Å². The molecule has 1 amide bonds. The molecule has 4 aromatic carbocycles. The monoisotopic (exact) mass is 730 g/mol. The fourth-order valence-corrected chi connectivity index (χ4v) is 7.91. The number of phenolic OH excluding ortho intramolecular Hbond substituents is 1. The lowest BCUT2D eigenvalue weighted by Gasteiger charge is -2.39. The number of amides is 1. The Hall–Kier alpha value is -5.16.